The van der Waals surface area contributed by atoms with Gasteiger partial charge in [-0.25, -0.2) is 4.18 Å². The smallest absolute Gasteiger partial charge is 0.299 e. The Morgan fingerprint density at radius 3 is 2.55 bits per heavy atom. The van der Waals surface area contributed by atoms with E-state index in [2.05, 4.69) is 0 Å². The molecule has 0 unspecified atom stereocenters. The summed E-state index contributed by atoms with van der Waals surface area (Å²) in [6.45, 7) is 0. The van der Waals surface area contributed by atoms with Crippen molar-refractivity contribution in [2.75, 3.05) is 0 Å². The van der Waals surface area contributed by atoms with Crippen LogP contribution in [0, 0.1) is 11.8 Å². The Hall–Kier alpha value is -2.35. The molecule has 154 valence electrons. The Labute approximate surface area is 170 Å². The number of hydrogen-bond donors (Lipinski definition) is 1. The van der Waals surface area contributed by atoms with Crippen LogP contribution in [-0.2, 0) is 14.3 Å². The van der Waals surface area contributed by atoms with E-state index in [0.29, 0.717) is 12.0 Å². The molecule has 1 aliphatic carbocycles. The van der Waals surface area contributed by atoms with Gasteiger partial charge in [-0.2, -0.15) is 8.42 Å². The molecule has 2 aliphatic heterocycles. The Morgan fingerprint density at radius 1 is 1.10 bits per heavy atom. The molecule has 0 aromatic heterocycles. The summed E-state index contributed by atoms with van der Waals surface area (Å²) in [5, 5.41) is 10.9. The van der Waals surface area contributed by atoms with Crippen molar-refractivity contribution in [1.29, 1.82) is 0 Å². The minimum absolute atomic E-state index is 0. The number of carbonyl (C=O) groups excluding carboxylic acids is 2. The first-order valence-electron chi connectivity index (χ1n) is 9.18. The highest BCUT2D eigenvalue weighted by Gasteiger charge is 2.47. The molecule has 0 spiro atoms. The van der Waals surface area contributed by atoms with Gasteiger partial charge in [-0.3, -0.25) is 9.59 Å². The highest BCUT2D eigenvalue weighted by molar-refractivity contribution is 7.86. The van der Waals surface area contributed by atoms with Gasteiger partial charge in [0.05, 0.1) is 4.90 Å². The van der Waals surface area contributed by atoms with Crippen LogP contribution in [0.15, 0.2) is 59.5 Å². The maximum absolute atomic E-state index is 13.1. The molecule has 0 radical (unpaired) electrons. The molecule has 0 saturated heterocycles. The zero-order chi connectivity index (χ0) is 19.9. The quantitative estimate of drug-likeness (QED) is 0.593. The van der Waals surface area contributed by atoms with Crippen molar-refractivity contribution in [1.82, 2.24) is 0 Å². The van der Waals surface area contributed by atoms with E-state index in [9.17, 15) is 23.1 Å². The first kappa shape index (κ1) is 21.4. The lowest BCUT2D eigenvalue weighted by atomic mass is 9.70. The highest BCUT2D eigenvalue weighted by atomic mass is 32.2. The summed E-state index contributed by atoms with van der Waals surface area (Å²) in [7, 11) is -4.28. The molecule has 3 aliphatic rings. The summed E-state index contributed by atoms with van der Waals surface area (Å²) < 4.78 is 30.5. The predicted molar refractivity (Wildman–Crippen MR) is 107 cm³/mol. The van der Waals surface area contributed by atoms with Crippen molar-refractivity contribution in [3.05, 3.63) is 65.7 Å². The van der Waals surface area contributed by atoms with Crippen molar-refractivity contribution in [2.24, 2.45) is 11.8 Å². The van der Waals surface area contributed by atoms with E-state index >= 15 is 0 Å². The number of aliphatic hydroxyl groups is 1. The summed E-state index contributed by atoms with van der Waals surface area (Å²) in [4.78, 5) is 25.7. The average molecular weight is 416 g/mol. The molecular formula is C22H24O6S. The maximum atomic E-state index is 13.1. The topological polar surface area (TPSA) is 97.7 Å². The summed E-state index contributed by atoms with van der Waals surface area (Å²) in [6, 6.07) is 14.2. The molecule has 1 N–H and O–H groups in total. The Balaban J connectivity index is 0.00000240. The molecule has 1 fully saturated rings. The predicted octanol–water partition coefficient (Wildman–Crippen LogP) is 3.60. The van der Waals surface area contributed by atoms with E-state index in [4.69, 9.17) is 4.18 Å². The second kappa shape index (κ2) is 7.82. The van der Waals surface area contributed by atoms with Crippen LogP contribution < -0.4 is 0 Å². The molecule has 1 saturated carbocycles. The van der Waals surface area contributed by atoms with E-state index in [1.807, 2.05) is 0 Å². The fourth-order valence-corrected chi connectivity index (χ4v) is 5.27. The summed E-state index contributed by atoms with van der Waals surface area (Å²) in [5.41, 5.74) is 0.723. The molecule has 4 bridgehead atoms. The van der Waals surface area contributed by atoms with E-state index in [0.717, 1.165) is 0 Å². The molecule has 2 heterocycles. The number of benzene rings is 2. The standard InChI is InChI=1S/C21H20O6S.CH4/c22-19-12-15-9-10-21(24,13-18(15)20(23)14-5-2-1-3-6-14)27-28(25,26)17-8-4-7-16(19)11-17;/h1-8,11,15,18,24H,9-10,12-13H2;1H4/t15-,18+,21+;/m0./s1. The SMILES string of the molecule is C.O=C1C[C@@H]2CC[C@](O)(C[C@H]2C(=O)c2ccccc2)OS(=O)(=O)c2cccc1c2. The van der Waals surface area contributed by atoms with E-state index in [1.54, 1.807) is 36.4 Å². The zero-order valence-electron chi connectivity index (χ0n) is 15.1. The molecule has 29 heavy (non-hydrogen) atoms. The molecule has 6 nitrogen and oxygen atoms in total. The van der Waals surface area contributed by atoms with E-state index in [-0.39, 0.29) is 54.6 Å². The third-order valence-corrected chi connectivity index (χ3v) is 6.93. The lowest BCUT2D eigenvalue weighted by Gasteiger charge is -2.39. The molecule has 7 heteroatoms. The van der Waals surface area contributed by atoms with Gasteiger partial charge in [0.15, 0.2) is 17.4 Å². The van der Waals surface area contributed by atoms with Crippen molar-refractivity contribution < 1.29 is 27.3 Å². The van der Waals surface area contributed by atoms with Crippen molar-refractivity contribution in [2.45, 2.75) is 43.8 Å². The average Bonchev–Trinajstić information content (AvgIpc) is 2.70. The third kappa shape index (κ3) is 4.17. The molecule has 0 amide bonds. The van der Waals surface area contributed by atoms with Crippen LogP contribution in [0.1, 0.15) is 53.8 Å². The van der Waals surface area contributed by atoms with Crippen molar-refractivity contribution >= 4 is 21.7 Å². The molecular weight excluding hydrogens is 392 g/mol. The van der Waals surface area contributed by atoms with Gasteiger partial charge in [-0.15, -0.1) is 0 Å². The van der Waals surface area contributed by atoms with Gasteiger partial charge in [0, 0.05) is 36.3 Å². The summed E-state index contributed by atoms with van der Waals surface area (Å²) >= 11 is 0. The fraction of sp³-hybridized carbons (Fsp3) is 0.364. The first-order valence-corrected chi connectivity index (χ1v) is 10.6. The van der Waals surface area contributed by atoms with Crippen LogP contribution in [0.2, 0.25) is 0 Å². The second-order valence-electron chi connectivity index (χ2n) is 7.48. The monoisotopic (exact) mass is 416 g/mol. The number of fused-ring (bicyclic) bond motifs is 4. The van der Waals surface area contributed by atoms with E-state index in [1.165, 1.54) is 18.2 Å². The Morgan fingerprint density at radius 2 is 1.83 bits per heavy atom. The normalized spacial score (nSPS) is 28.1. The van der Waals surface area contributed by atoms with Crippen LogP contribution in [0.3, 0.4) is 0 Å². The number of rotatable bonds is 2. The molecule has 2 aromatic carbocycles. The van der Waals surface area contributed by atoms with Crippen LogP contribution >= 0.6 is 0 Å². The van der Waals surface area contributed by atoms with Gasteiger partial charge < -0.3 is 5.11 Å². The van der Waals surface area contributed by atoms with Crippen LogP contribution in [0.5, 0.6) is 0 Å². The van der Waals surface area contributed by atoms with Crippen LogP contribution in [0.4, 0.5) is 0 Å². The minimum Gasteiger partial charge on any atom is -0.364 e. The first-order chi connectivity index (χ1) is 13.3. The van der Waals surface area contributed by atoms with Crippen LogP contribution in [-0.4, -0.2) is 30.9 Å². The second-order valence-corrected chi connectivity index (χ2v) is 9.02. The van der Waals surface area contributed by atoms with Crippen LogP contribution in [0.25, 0.3) is 0 Å². The minimum atomic E-state index is -4.28. The van der Waals surface area contributed by atoms with E-state index < -0.39 is 21.8 Å². The lowest BCUT2D eigenvalue weighted by Crippen LogP contribution is -2.45. The van der Waals surface area contributed by atoms with Gasteiger partial charge in [-0.1, -0.05) is 49.9 Å². The number of ketones is 2. The van der Waals surface area contributed by atoms with Gasteiger partial charge in [0.1, 0.15) is 0 Å². The van der Waals surface area contributed by atoms with Gasteiger partial charge in [-0.05, 0) is 24.5 Å². The number of Topliss-reactive ketones (excluding diaryl/α,β-unsaturated/α-hetero) is 2. The summed E-state index contributed by atoms with van der Waals surface area (Å²) in [6.07, 6.45) is 0.298. The van der Waals surface area contributed by atoms with Gasteiger partial charge in [0.2, 0.25) is 0 Å². The zero-order valence-corrected chi connectivity index (χ0v) is 15.9. The third-order valence-electron chi connectivity index (χ3n) is 5.57. The van der Waals surface area contributed by atoms with Gasteiger partial charge in [0.25, 0.3) is 10.1 Å². The Kier molecular flexibility index (Phi) is 5.76. The highest BCUT2D eigenvalue weighted by Crippen LogP contribution is 2.43. The summed E-state index contributed by atoms with van der Waals surface area (Å²) in [5.74, 6) is -3.43. The Bertz CT molecular complexity index is 1030. The van der Waals surface area contributed by atoms with Crippen molar-refractivity contribution in [3.63, 3.8) is 0 Å². The largest absolute Gasteiger partial charge is 0.364 e. The molecule has 3 atom stereocenters. The number of hydrogen-bond acceptors (Lipinski definition) is 6. The number of carbonyl (C=O) groups is 2. The van der Waals surface area contributed by atoms with Gasteiger partial charge >= 0.3 is 0 Å². The molecule has 5 rings (SSSR count). The lowest BCUT2D eigenvalue weighted by molar-refractivity contribution is -0.170. The molecule has 2 aromatic rings. The fourth-order valence-electron chi connectivity index (χ4n) is 4.10. The maximum Gasteiger partial charge on any atom is 0.299 e. The van der Waals surface area contributed by atoms with Crippen molar-refractivity contribution in [3.8, 4) is 0 Å².